The van der Waals surface area contributed by atoms with E-state index in [1.54, 1.807) is 4.90 Å². The first-order valence-electron chi connectivity index (χ1n) is 6.65. The largest absolute Gasteiger partial charge is 0.487 e. The summed E-state index contributed by atoms with van der Waals surface area (Å²) in [7, 11) is 0. The van der Waals surface area contributed by atoms with Crippen LogP contribution in [0, 0.1) is 10.5 Å². The Kier molecular flexibility index (Phi) is 4.46. The summed E-state index contributed by atoms with van der Waals surface area (Å²) in [5.41, 5.74) is 0.752. The van der Waals surface area contributed by atoms with Crippen molar-refractivity contribution in [3.8, 4) is 5.75 Å². The molecule has 20 heavy (non-hydrogen) atoms. The minimum atomic E-state index is -0.448. The number of carbonyl (C=O) groups is 1. The zero-order valence-electron chi connectivity index (χ0n) is 12.3. The molecule has 1 heterocycles. The quantitative estimate of drug-likeness (QED) is 0.726. The van der Waals surface area contributed by atoms with Crippen molar-refractivity contribution in [1.82, 2.24) is 4.90 Å². The Morgan fingerprint density at radius 1 is 1.35 bits per heavy atom. The van der Waals surface area contributed by atoms with Gasteiger partial charge >= 0.3 is 6.09 Å². The van der Waals surface area contributed by atoms with Crippen LogP contribution >= 0.6 is 22.6 Å². The van der Waals surface area contributed by atoms with Gasteiger partial charge in [-0.25, -0.2) is 4.79 Å². The number of amides is 1. The van der Waals surface area contributed by atoms with E-state index in [9.17, 15) is 4.79 Å². The lowest BCUT2D eigenvalue weighted by atomic mass is 10.1. The third-order valence-electron chi connectivity index (χ3n) is 2.93. The predicted octanol–water partition coefficient (Wildman–Crippen LogP) is 3.60. The number of carbonyl (C=O) groups excluding carboxylic acids is 1. The van der Waals surface area contributed by atoms with Gasteiger partial charge in [-0.3, -0.25) is 0 Å². The van der Waals surface area contributed by atoms with Crippen molar-refractivity contribution in [1.29, 1.82) is 0 Å². The van der Waals surface area contributed by atoms with Crippen LogP contribution in [0.1, 0.15) is 26.3 Å². The maximum absolute atomic E-state index is 11.8. The van der Waals surface area contributed by atoms with Crippen molar-refractivity contribution >= 4 is 28.7 Å². The molecule has 5 heteroatoms. The smallest absolute Gasteiger partial charge is 0.410 e. The van der Waals surface area contributed by atoms with E-state index in [2.05, 4.69) is 29.5 Å². The van der Waals surface area contributed by atoms with Gasteiger partial charge in [-0.15, -0.1) is 0 Å². The van der Waals surface area contributed by atoms with Crippen LogP contribution in [-0.2, 0) is 4.74 Å². The summed E-state index contributed by atoms with van der Waals surface area (Å²) in [6.45, 7) is 8.83. The van der Waals surface area contributed by atoms with E-state index in [4.69, 9.17) is 9.47 Å². The third kappa shape index (κ3) is 4.01. The van der Waals surface area contributed by atoms with E-state index in [0.717, 1.165) is 5.75 Å². The molecule has 0 radical (unpaired) electrons. The summed E-state index contributed by atoms with van der Waals surface area (Å²) in [5.74, 6) is 0.858. The second-order valence-corrected chi connectivity index (χ2v) is 7.20. The molecule has 0 bridgehead atoms. The van der Waals surface area contributed by atoms with E-state index in [1.165, 1.54) is 9.13 Å². The fourth-order valence-electron chi connectivity index (χ4n) is 1.87. The highest BCUT2D eigenvalue weighted by atomic mass is 127. The van der Waals surface area contributed by atoms with Gasteiger partial charge < -0.3 is 14.4 Å². The van der Waals surface area contributed by atoms with Crippen LogP contribution in [0.25, 0.3) is 0 Å². The van der Waals surface area contributed by atoms with Crippen molar-refractivity contribution in [2.45, 2.75) is 39.4 Å². The second kappa shape index (κ2) is 5.79. The van der Waals surface area contributed by atoms with Gasteiger partial charge in [0.2, 0.25) is 0 Å². The summed E-state index contributed by atoms with van der Waals surface area (Å²) < 4.78 is 12.4. The van der Waals surface area contributed by atoms with Gasteiger partial charge in [-0.1, -0.05) is 0 Å². The van der Waals surface area contributed by atoms with Crippen LogP contribution in [0.2, 0.25) is 0 Å². The minimum Gasteiger partial charge on any atom is -0.487 e. The molecule has 0 unspecified atom stereocenters. The molecule has 0 aromatic heterocycles. The summed E-state index contributed by atoms with van der Waals surface area (Å²) in [4.78, 5) is 13.4. The summed E-state index contributed by atoms with van der Waals surface area (Å²) in [6, 6.07) is 6.03. The number of aryl methyl sites for hydroxylation is 1. The Morgan fingerprint density at radius 2 is 2.00 bits per heavy atom. The fourth-order valence-corrected chi connectivity index (χ4v) is 2.21. The monoisotopic (exact) mass is 389 g/mol. The van der Waals surface area contributed by atoms with Gasteiger partial charge in [0, 0.05) is 3.57 Å². The van der Waals surface area contributed by atoms with E-state index >= 15 is 0 Å². The molecule has 0 aliphatic carbocycles. The molecule has 1 aliphatic heterocycles. The molecule has 1 aliphatic rings. The number of hydrogen-bond donors (Lipinski definition) is 0. The number of benzene rings is 1. The number of rotatable bonds is 2. The molecule has 110 valence electrons. The Hall–Kier alpha value is -0.980. The van der Waals surface area contributed by atoms with Gasteiger partial charge in [0.1, 0.15) is 17.5 Å². The first-order valence-corrected chi connectivity index (χ1v) is 7.73. The van der Waals surface area contributed by atoms with Gasteiger partial charge in [0.05, 0.1) is 13.1 Å². The van der Waals surface area contributed by atoms with Crippen LogP contribution in [0.4, 0.5) is 4.79 Å². The molecule has 0 N–H and O–H groups in total. The molecule has 1 fully saturated rings. The molecule has 1 aromatic rings. The highest BCUT2D eigenvalue weighted by molar-refractivity contribution is 14.1. The lowest BCUT2D eigenvalue weighted by Crippen LogP contribution is -2.57. The van der Waals surface area contributed by atoms with E-state index in [-0.39, 0.29) is 12.2 Å². The SMILES string of the molecule is Cc1cc(OC2CN(C(=O)OC(C)(C)C)C2)ccc1I. The molecule has 0 atom stereocenters. The zero-order chi connectivity index (χ0) is 14.9. The zero-order valence-corrected chi connectivity index (χ0v) is 14.4. The van der Waals surface area contributed by atoms with Crippen LogP contribution in [0.15, 0.2) is 18.2 Å². The Labute approximate surface area is 133 Å². The lowest BCUT2D eigenvalue weighted by molar-refractivity contribution is -0.0221. The number of halogens is 1. The van der Waals surface area contributed by atoms with E-state index in [0.29, 0.717) is 13.1 Å². The van der Waals surface area contributed by atoms with Gasteiger partial charge in [-0.05, 0) is 74.0 Å². The molecule has 1 amide bonds. The van der Waals surface area contributed by atoms with Gasteiger partial charge in [0.15, 0.2) is 0 Å². The summed E-state index contributed by atoms with van der Waals surface area (Å²) >= 11 is 2.30. The first kappa shape index (κ1) is 15.4. The van der Waals surface area contributed by atoms with Crippen LogP contribution < -0.4 is 4.74 Å². The summed E-state index contributed by atoms with van der Waals surface area (Å²) in [5, 5.41) is 0. The highest BCUT2D eigenvalue weighted by Gasteiger charge is 2.35. The molecule has 0 spiro atoms. The summed E-state index contributed by atoms with van der Waals surface area (Å²) in [6.07, 6.45) is -0.210. The first-order chi connectivity index (χ1) is 9.24. The van der Waals surface area contributed by atoms with Crippen LogP contribution in [0.5, 0.6) is 5.75 Å². The number of ether oxygens (including phenoxy) is 2. The fraction of sp³-hybridized carbons (Fsp3) is 0.533. The van der Waals surface area contributed by atoms with E-state index in [1.807, 2.05) is 39.0 Å². The predicted molar refractivity (Wildman–Crippen MR) is 86.1 cm³/mol. The van der Waals surface area contributed by atoms with Gasteiger partial charge in [-0.2, -0.15) is 0 Å². The molecule has 4 nitrogen and oxygen atoms in total. The molecule has 1 aromatic carbocycles. The topological polar surface area (TPSA) is 38.8 Å². The van der Waals surface area contributed by atoms with Crippen molar-refractivity contribution in [3.63, 3.8) is 0 Å². The number of nitrogens with zero attached hydrogens (tertiary/aromatic N) is 1. The van der Waals surface area contributed by atoms with Crippen molar-refractivity contribution in [2.75, 3.05) is 13.1 Å². The average Bonchev–Trinajstić information content (AvgIpc) is 2.25. The number of likely N-dealkylation sites (tertiary alicyclic amines) is 1. The maximum Gasteiger partial charge on any atom is 0.410 e. The highest BCUT2D eigenvalue weighted by Crippen LogP contribution is 2.23. The van der Waals surface area contributed by atoms with Crippen molar-refractivity contribution in [2.24, 2.45) is 0 Å². The van der Waals surface area contributed by atoms with Crippen LogP contribution in [0.3, 0.4) is 0 Å². The van der Waals surface area contributed by atoms with Crippen molar-refractivity contribution in [3.05, 3.63) is 27.3 Å². The Morgan fingerprint density at radius 3 is 2.55 bits per heavy atom. The molecule has 0 saturated carbocycles. The molecule has 2 rings (SSSR count). The van der Waals surface area contributed by atoms with E-state index < -0.39 is 5.60 Å². The molecule has 1 saturated heterocycles. The average molecular weight is 389 g/mol. The Balaban J connectivity index is 1.82. The minimum absolute atomic E-state index is 0.0574. The standard InChI is InChI=1S/C15H20INO3/c1-10-7-11(5-6-13(10)16)19-12-8-17(9-12)14(18)20-15(2,3)4/h5-7,12H,8-9H2,1-4H3. The number of hydrogen-bond acceptors (Lipinski definition) is 3. The Bertz CT molecular complexity index is 504. The molecular formula is C15H20INO3. The molecular weight excluding hydrogens is 369 g/mol. The second-order valence-electron chi connectivity index (χ2n) is 6.04. The van der Waals surface area contributed by atoms with Crippen molar-refractivity contribution < 1.29 is 14.3 Å². The van der Waals surface area contributed by atoms with Gasteiger partial charge in [0.25, 0.3) is 0 Å². The maximum atomic E-state index is 11.8. The lowest BCUT2D eigenvalue weighted by Gasteiger charge is -2.39. The third-order valence-corrected chi connectivity index (χ3v) is 4.14. The van der Waals surface area contributed by atoms with Crippen LogP contribution in [-0.4, -0.2) is 35.8 Å². The normalized spacial score (nSPS) is 15.8.